The second-order valence-corrected chi connectivity index (χ2v) is 4.94. The lowest BCUT2D eigenvalue weighted by Gasteiger charge is -2.08. The molecule has 0 fully saturated rings. The summed E-state index contributed by atoms with van der Waals surface area (Å²) in [5, 5.41) is 18.0. The molecule has 2 aromatic rings. The van der Waals surface area contributed by atoms with Crippen molar-refractivity contribution in [1.29, 1.82) is 5.26 Å². The van der Waals surface area contributed by atoms with E-state index in [9.17, 15) is 4.79 Å². The van der Waals surface area contributed by atoms with Gasteiger partial charge < -0.3 is 14.4 Å². The second kappa shape index (κ2) is 5.80. The van der Waals surface area contributed by atoms with Gasteiger partial charge in [0.25, 0.3) is 0 Å². The van der Waals surface area contributed by atoms with Crippen molar-refractivity contribution in [2.24, 2.45) is 0 Å². The predicted octanol–water partition coefficient (Wildman–Crippen LogP) is 2.88. The van der Waals surface area contributed by atoms with E-state index in [0.29, 0.717) is 22.5 Å². The van der Waals surface area contributed by atoms with Gasteiger partial charge in [0.1, 0.15) is 11.8 Å². The van der Waals surface area contributed by atoms with Crippen LogP contribution >= 0.6 is 15.9 Å². The van der Waals surface area contributed by atoms with Crippen LogP contribution < -0.4 is 4.74 Å². The quantitative estimate of drug-likeness (QED) is 0.932. The third kappa shape index (κ3) is 2.83. The van der Waals surface area contributed by atoms with E-state index in [-0.39, 0.29) is 5.56 Å². The van der Waals surface area contributed by atoms with Crippen molar-refractivity contribution in [3.8, 4) is 11.8 Å². The number of aromatic carboxylic acids is 1. The Balaban J connectivity index is 2.31. The molecule has 0 saturated carbocycles. The Kier molecular flexibility index (Phi) is 4.11. The first kappa shape index (κ1) is 14.2. The molecule has 2 rings (SSSR count). The summed E-state index contributed by atoms with van der Waals surface area (Å²) in [6.07, 6.45) is 1.54. The lowest BCUT2D eigenvalue weighted by atomic mass is 10.1. The Morgan fingerprint density at radius 3 is 2.80 bits per heavy atom. The van der Waals surface area contributed by atoms with Gasteiger partial charge in [0.2, 0.25) is 0 Å². The topological polar surface area (TPSA) is 75.2 Å². The summed E-state index contributed by atoms with van der Waals surface area (Å²) in [7, 11) is 1.51. The molecular weight excluding hydrogens is 324 g/mol. The molecule has 20 heavy (non-hydrogen) atoms. The van der Waals surface area contributed by atoms with Gasteiger partial charge in [-0.05, 0) is 39.7 Å². The van der Waals surface area contributed by atoms with Crippen LogP contribution in [0.15, 0.2) is 35.1 Å². The van der Waals surface area contributed by atoms with Gasteiger partial charge in [-0.1, -0.05) is 6.07 Å². The van der Waals surface area contributed by atoms with Crippen LogP contribution in [0.5, 0.6) is 5.75 Å². The average Bonchev–Trinajstić information content (AvgIpc) is 2.80. The highest BCUT2D eigenvalue weighted by molar-refractivity contribution is 9.10. The predicted molar refractivity (Wildman–Crippen MR) is 75.9 cm³/mol. The molecule has 0 saturated heterocycles. The number of ether oxygens (including phenoxy) is 1. The van der Waals surface area contributed by atoms with Crippen molar-refractivity contribution in [3.05, 3.63) is 51.8 Å². The molecule has 102 valence electrons. The number of aromatic nitrogens is 1. The van der Waals surface area contributed by atoms with E-state index in [0.717, 1.165) is 5.56 Å². The molecular formula is C14H11BrN2O3. The SMILES string of the molecule is COc1ccc(Cn2cc(C(=O)O)cc2Br)cc1C#N. The largest absolute Gasteiger partial charge is 0.495 e. The Hall–Kier alpha value is -2.26. The maximum atomic E-state index is 10.9. The van der Waals surface area contributed by atoms with Crippen LogP contribution in [0, 0.1) is 11.3 Å². The number of carboxylic acids is 1. The highest BCUT2D eigenvalue weighted by atomic mass is 79.9. The van der Waals surface area contributed by atoms with Crippen molar-refractivity contribution in [2.75, 3.05) is 7.11 Å². The molecule has 0 radical (unpaired) electrons. The molecule has 5 nitrogen and oxygen atoms in total. The summed E-state index contributed by atoms with van der Waals surface area (Å²) in [5.41, 5.74) is 1.55. The molecule has 0 aliphatic heterocycles. The third-order valence-corrected chi connectivity index (χ3v) is 3.51. The molecule has 1 aromatic carbocycles. The zero-order valence-electron chi connectivity index (χ0n) is 10.6. The lowest BCUT2D eigenvalue weighted by molar-refractivity contribution is 0.0697. The highest BCUT2D eigenvalue weighted by Gasteiger charge is 2.10. The van der Waals surface area contributed by atoms with Gasteiger partial charge in [0.05, 0.1) is 22.8 Å². The summed E-state index contributed by atoms with van der Waals surface area (Å²) in [4.78, 5) is 10.9. The molecule has 0 unspecified atom stereocenters. The fraction of sp³-hybridized carbons (Fsp3) is 0.143. The van der Waals surface area contributed by atoms with Crippen molar-refractivity contribution in [1.82, 2.24) is 4.57 Å². The van der Waals surface area contributed by atoms with Gasteiger partial charge in [-0.25, -0.2) is 4.79 Å². The standard InChI is InChI=1S/C14H11BrN2O3/c1-20-12-3-2-9(4-10(12)6-16)7-17-8-11(14(18)19)5-13(17)15/h2-5,8H,7H2,1H3,(H,18,19). The van der Waals surface area contributed by atoms with Crippen LogP contribution in [0.4, 0.5) is 0 Å². The number of nitriles is 1. The molecule has 0 bridgehead atoms. The fourth-order valence-corrected chi connectivity index (χ4v) is 2.33. The number of hydrogen-bond acceptors (Lipinski definition) is 3. The van der Waals surface area contributed by atoms with Crippen molar-refractivity contribution in [3.63, 3.8) is 0 Å². The maximum Gasteiger partial charge on any atom is 0.337 e. The lowest BCUT2D eigenvalue weighted by Crippen LogP contribution is -2.00. The minimum Gasteiger partial charge on any atom is -0.495 e. The molecule has 6 heteroatoms. The smallest absolute Gasteiger partial charge is 0.337 e. The fourth-order valence-electron chi connectivity index (χ4n) is 1.85. The molecule has 0 aliphatic rings. The van der Waals surface area contributed by atoms with Gasteiger partial charge in [-0.3, -0.25) is 0 Å². The number of carbonyl (C=O) groups is 1. The van der Waals surface area contributed by atoms with Gasteiger partial charge in [0, 0.05) is 12.7 Å². The Labute approximate surface area is 124 Å². The number of rotatable bonds is 4. The zero-order valence-corrected chi connectivity index (χ0v) is 12.2. The van der Waals surface area contributed by atoms with E-state index >= 15 is 0 Å². The maximum absolute atomic E-state index is 10.9. The Morgan fingerprint density at radius 1 is 1.50 bits per heavy atom. The van der Waals surface area contributed by atoms with E-state index in [2.05, 4.69) is 22.0 Å². The van der Waals surface area contributed by atoms with Crippen LogP contribution in [-0.2, 0) is 6.54 Å². The van der Waals surface area contributed by atoms with E-state index in [1.165, 1.54) is 13.2 Å². The highest BCUT2D eigenvalue weighted by Crippen LogP contribution is 2.22. The molecule has 0 amide bonds. The number of benzene rings is 1. The van der Waals surface area contributed by atoms with Gasteiger partial charge in [-0.2, -0.15) is 5.26 Å². The first-order valence-corrected chi connectivity index (χ1v) is 6.50. The molecule has 1 heterocycles. The summed E-state index contributed by atoms with van der Waals surface area (Å²) in [6.45, 7) is 0.465. The molecule has 1 aromatic heterocycles. The minimum atomic E-state index is -0.975. The Bertz CT molecular complexity index is 701. The first-order chi connectivity index (χ1) is 9.55. The third-order valence-electron chi connectivity index (χ3n) is 2.83. The zero-order chi connectivity index (χ0) is 14.7. The number of methoxy groups -OCH3 is 1. The van der Waals surface area contributed by atoms with Crippen LogP contribution in [-0.4, -0.2) is 22.8 Å². The van der Waals surface area contributed by atoms with E-state index < -0.39 is 5.97 Å². The first-order valence-electron chi connectivity index (χ1n) is 5.71. The number of hydrogen-bond donors (Lipinski definition) is 1. The van der Waals surface area contributed by atoms with Crippen LogP contribution in [0.25, 0.3) is 0 Å². The Morgan fingerprint density at radius 2 is 2.25 bits per heavy atom. The summed E-state index contributed by atoms with van der Waals surface area (Å²) in [6, 6.07) is 8.90. The number of nitrogens with zero attached hydrogens (tertiary/aromatic N) is 2. The van der Waals surface area contributed by atoms with Crippen molar-refractivity contribution < 1.29 is 14.6 Å². The molecule has 0 atom stereocenters. The van der Waals surface area contributed by atoms with Gasteiger partial charge >= 0.3 is 5.97 Å². The average molecular weight is 335 g/mol. The summed E-state index contributed by atoms with van der Waals surface area (Å²) < 4.78 is 7.51. The monoisotopic (exact) mass is 334 g/mol. The number of carboxylic acid groups (broad SMARTS) is 1. The van der Waals surface area contributed by atoms with E-state index in [4.69, 9.17) is 15.1 Å². The van der Waals surface area contributed by atoms with Crippen LogP contribution in [0.3, 0.4) is 0 Å². The van der Waals surface area contributed by atoms with E-state index in [1.807, 2.05) is 6.07 Å². The van der Waals surface area contributed by atoms with Crippen LogP contribution in [0.1, 0.15) is 21.5 Å². The molecule has 0 aliphatic carbocycles. The molecule has 1 N–H and O–H groups in total. The molecule has 0 spiro atoms. The summed E-state index contributed by atoms with van der Waals surface area (Å²) >= 11 is 3.32. The second-order valence-electron chi connectivity index (χ2n) is 4.13. The van der Waals surface area contributed by atoms with Crippen molar-refractivity contribution in [2.45, 2.75) is 6.54 Å². The van der Waals surface area contributed by atoms with Gasteiger partial charge in [0.15, 0.2) is 0 Å². The van der Waals surface area contributed by atoms with Crippen LogP contribution in [0.2, 0.25) is 0 Å². The minimum absolute atomic E-state index is 0.214. The number of halogens is 1. The van der Waals surface area contributed by atoms with Gasteiger partial charge in [-0.15, -0.1) is 0 Å². The normalized spacial score (nSPS) is 10.1. The summed E-state index contributed by atoms with van der Waals surface area (Å²) in [5.74, 6) is -0.453. The van der Waals surface area contributed by atoms with E-state index in [1.54, 1.807) is 22.9 Å². The van der Waals surface area contributed by atoms with Crippen molar-refractivity contribution >= 4 is 21.9 Å².